The molecule has 0 aliphatic carbocycles. The predicted octanol–water partition coefficient (Wildman–Crippen LogP) is 2.37. The minimum atomic E-state index is 0.0863. The number of rotatable bonds is 2. The van der Waals surface area contributed by atoms with Crippen molar-refractivity contribution in [3.05, 3.63) is 41.7 Å². The fourth-order valence-corrected chi connectivity index (χ4v) is 3.45. The SMILES string of the molecule is CN1CCc2cc(-c3ncccc3C(=O)N3CCCC3)cnc21. The molecule has 0 saturated carbocycles. The highest BCUT2D eigenvalue weighted by molar-refractivity contribution is 6.00. The third kappa shape index (κ3) is 2.46. The Kier molecular flexibility index (Phi) is 3.48. The van der Waals surface area contributed by atoms with E-state index in [1.165, 1.54) is 5.56 Å². The summed E-state index contributed by atoms with van der Waals surface area (Å²) >= 11 is 0. The lowest BCUT2D eigenvalue weighted by Gasteiger charge is -2.17. The number of aromatic nitrogens is 2. The lowest BCUT2D eigenvalue weighted by Crippen LogP contribution is -2.28. The lowest BCUT2D eigenvalue weighted by molar-refractivity contribution is 0.0793. The highest BCUT2D eigenvalue weighted by atomic mass is 16.2. The Bertz CT molecular complexity index is 752. The molecule has 4 rings (SSSR count). The van der Waals surface area contributed by atoms with Crippen LogP contribution in [0.25, 0.3) is 11.3 Å². The van der Waals surface area contributed by atoms with Gasteiger partial charge < -0.3 is 9.80 Å². The summed E-state index contributed by atoms with van der Waals surface area (Å²) in [4.78, 5) is 25.9. The maximum atomic E-state index is 12.8. The van der Waals surface area contributed by atoms with Crippen LogP contribution in [0.15, 0.2) is 30.6 Å². The lowest BCUT2D eigenvalue weighted by atomic mass is 10.0. The smallest absolute Gasteiger partial charge is 0.256 e. The van der Waals surface area contributed by atoms with E-state index in [4.69, 9.17) is 0 Å². The zero-order valence-electron chi connectivity index (χ0n) is 13.3. The van der Waals surface area contributed by atoms with Crippen LogP contribution in [-0.2, 0) is 6.42 Å². The number of hydrogen-bond donors (Lipinski definition) is 0. The highest BCUT2D eigenvalue weighted by Gasteiger charge is 2.24. The molecular weight excluding hydrogens is 288 g/mol. The summed E-state index contributed by atoms with van der Waals surface area (Å²) in [7, 11) is 2.06. The molecule has 1 amide bonds. The summed E-state index contributed by atoms with van der Waals surface area (Å²) < 4.78 is 0. The molecule has 2 aliphatic heterocycles. The number of anilines is 1. The van der Waals surface area contributed by atoms with E-state index in [9.17, 15) is 4.79 Å². The standard InChI is InChI=1S/C18H20N4O/c1-21-10-6-13-11-14(12-20-17(13)21)16-15(5-4-7-19-16)18(23)22-8-2-3-9-22/h4-5,7,11-12H,2-3,6,8-10H2,1H3. The second-order valence-corrected chi connectivity index (χ2v) is 6.28. The number of hydrogen-bond acceptors (Lipinski definition) is 4. The predicted molar refractivity (Wildman–Crippen MR) is 89.6 cm³/mol. The third-order valence-electron chi connectivity index (χ3n) is 4.73. The van der Waals surface area contributed by atoms with Gasteiger partial charge in [-0.2, -0.15) is 0 Å². The van der Waals surface area contributed by atoms with Gasteiger partial charge >= 0.3 is 0 Å². The molecule has 0 N–H and O–H groups in total. The zero-order valence-corrected chi connectivity index (χ0v) is 13.3. The van der Waals surface area contributed by atoms with Crippen molar-refractivity contribution in [1.29, 1.82) is 0 Å². The molecule has 0 radical (unpaired) electrons. The van der Waals surface area contributed by atoms with Crippen LogP contribution in [0.2, 0.25) is 0 Å². The van der Waals surface area contributed by atoms with Gasteiger partial charge in [0.25, 0.3) is 5.91 Å². The van der Waals surface area contributed by atoms with Crippen molar-refractivity contribution in [2.24, 2.45) is 0 Å². The fourth-order valence-electron chi connectivity index (χ4n) is 3.45. The fraction of sp³-hybridized carbons (Fsp3) is 0.389. The van der Waals surface area contributed by atoms with E-state index >= 15 is 0 Å². The van der Waals surface area contributed by atoms with Crippen LogP contribution in [0.4, 0.5) is 5.82 Å². The molecule has 0 bridgehead atoms. The van der Waals surface area contributed by atoms with E-state index in [0.29, 0.717) is 5.56 Å². The summed E-state index contributed by atoms with van der Waals surface area (Å²) in [6.45, 7) is 2.69. The first-order valence-electron chi connectivity index (χ1n) is 8.19. The van der Waals surface area contributed by atoms with Crippen LogP contribution in [0.3, 0.4) is 0 Å². The van der Waals surface area contributed by atoms with Crippen molar-refractivity contribution in [2.45, 2.75) is 19.3 Å². The molecule has 2 aromatic rings. The molecular formula is C18H20N4O. The Balaban J connectivity index is 1.73. The first kappa shape index (κ1) is 14.2. The summed E-state index contributed by atoms with van der Waals surface area (Å²) in [6, 6.07) is 5.85. The summed E-state index contributed by atoms with van der Waals surface area (Å²) in [6.07, 6.45) is 6.76. The molecule has 5 heteroatoms. The number of likely N-dealkylation sites (tertiary alicyclic amines) is 1. The van der Waals surface area contributed by atoms with E-state index in [0.717, 1.165) is 56.0 Å². The maximum absolute atomic E-state index is 12.8. The van der Waals surface area contributed by atoms with Gasteiger partial charge in [0.2, 0.25) is 0 Å². The average Bonchev–Trinajstić information content (AvgIpc) is 3.24. The third-order valence-corrected chi connectivity index (χ3v) is 4.73. The summed E-state index contributed by atoms with van der Waals surface area (Å²) in [5, 5.41) is 0. The van der Waals surface area contributed by atoms with Gasteiger partial charge in [0.15, 0.2) is 0 Å². The van der Waals surface area contributed by atoms with Crippen LogP contribution in [-0.4, -0.2) is 47.5 Å². The second-order valence-electron chi connectivity index (χ2n) is 6.28. The van der Waals surface area contributed by atoms with Crippen molar-refractivity contribution in [1.82, 2.24) is 14.9 Å². The number of fused-ring (bicyclic) bond motifs is 1. The molecule has 23 heavy (non-hydrogen) atoms. The summed E-state index contributed by atoms with van der Waals surface area (Å²) in [5.74, 6) is 1.13. The number of amides is 1. The van der Waals surface area contributed by atoms with E-state index in [1.807, 2.05) is 23.2 Å². The molecule has 2 aliphatic rings. The average molecular weight is 308 g/mol. The molecule has 4 heterocycles. The molecule has 1 fully saturated rings. The number of nitrogens with zero attached hydrogens (tertiary/aromatic N) is 4. The van der Waals surface area contributed by atoms with Crippen LogP contribution < -0.4 is 4.90 Å². The quantitative estimate of drug-likeness (QED) is 0.854. The first-order valence-corrected chi connectivity index (χ1v) is 8.19. The Morgan fingerprint density at radius 2 is 2.00 bits per heavy atom. The Labute approximate surface area is 136 Å². The van der Waals surface area contributed by atoms with E-state index < -0.39 is 0 Å². The van der Waals surface area contributed by atoms with E-state index in [2.05, 4.69) is 28.0 Å². The largest absolute Gasteiger partial charge is 0.359 e. The molecule has 0 unspecified atom stereocenters. The molecule has 2 aromatic heterocycles. The highest BCUT2D eigenvalue weighted by Crippen LogP contribution is 2.30. The number of likely N-dealkylation sites (N-methyl/N-ethyl adjacent to an activating group) is 1. The minimum absolute atomic E-state index is 0.0863. The Morgan fingerprint density at radius 1 is 1.17 bits per heavy atom. The van der Waals surface area contributed by atoms with Crippen LogP contribution >= 0.6 is 0 Å². The normalized spacial score (nSPS) is 16.7. The van der Waals surface area contributed by atoms with Crippen LogP contribution in [0.1, 0.15) is 28.8 Å². The molecule has 0 atom stereocenters. The van der Waals surface area contributed by atoms with Gasteiger partial charge in [0.1, 0.15) is 5.82 Å². The first-order chi connectivity index (χ1) is 11.2. The van der Waals surface area contributed by atoms with Crippen molar-refractivity contribution in [3.8, 4) is 11.3 Å². The van der Waals surface area contributed by atoms with Crippen LogP contribution in [0.5, 0.6) is 0 Å². The van der Waals surface area contributed by atoms with Crippen molar-refractivity contribution in [3.63, 3.8) is 0 Å². The molecule has 5 nitrogen and oxygen atoms in total. The van der Waals surface area contributed by atoms with Crippen molar-refractivity contribution >= 4 is 11.7 Å². The minimum Gasteiger partial charge on any atom is -0.359 e. The summed E-state index contributed by atoms with van der Waals surface area (Å²) in [5.41, 5.74) is 3.59. The van der Waals surface area contributed by atoms with Gasteiger partial charge in [-0.3, -0.25) is 9.78 Å². The molecule has 1 saturated heterocycles. The van der Waals surface area contributed by atoms with E-state index in [1.54, 1.807) is 6.20 Å². The van der Waals surface area contributed by atoms with Gasteiger partial charge in [-0.25, -0.2) is 4.98 Å². The number of pyridine rings is 2. The zero-order chi connectivity index (χ0) is 15.8. The maximum Gasteiger partial charge on any atom is 0.256 e. The van der Waals surface area contributed by atoms with Gasteiger partial charge in [0, 0.05) is 44.6 Å². The second kappa shape index (κ2) is 5.65. The van der Waals surface area contributed by atoms with Gasteiger partial charge in [-0.15, -0.1) is 0 Å². The van der Waals surface area contributed by atoms with Gasteiger partial charge in [-0.05, 0) is 43.0 Å². The monoisotopic (exact) mass is 308 g/mol. The van der Waals surface area contributed by atoms with Crippen molar-refractivity contribution < 1.29 is 4.79 Å². The van der Waals surface area contributed by atoms with E-state index in [-0.39, 0.29) is 5.91 Å². The molecule has 118 valence electrons. The topological polar surface area (TPSA) is 49.3 Å². The van der Waals surface area contributed by atoms with Gasteiger partial charge in [-0.1, -0.05) is 0 Å². The molecule has 0 aromatic carbocycles. The molecule has 0 spiro atoms. The Morgan fingerprint density at radius 3 is 2.83 bits per heavy atom. The Hall–Kier alpha value is -2.43. The van der Waals surface area contributed by atoms with Crippen molar-refractivity contribution in [2.75, 3.05) is 31.6 Å². The van der Waals surface area contributed by atoms with Gasteiger partial charge in [0.05, 0.1) is 11.3 Å². The number of carbonyl (C=O) groups is 1. The number of carbonyl (C=O) groups excluding carboxylic acids is 1. The van der Waals surface area contributed by atoms with Crippen LogP contribution in [0, 0.1) is 0 Å².